The fourth-order valence-corrected chi connectivity index (χ4v) is 1.70. The molecule has 100 valence electrons. The molecule has 1 amide bonds. The third kappa shape index (κ3) is 2.98. The van der Waals surface area contributed by atoms with Crippen LogP contribution in [0.1, 0.15) is 13.3 Å². The van der Waals surface area contributed by atoms with Crippen molar-refractivity contribution in [2.75, 3.05) is 25.7 Å². The normalized spacial score (nSPS) is 12.1. The van der Waals surface area contributed by atoms with Gasteiger partial charge in [-0.2, -0.15) is 0 Å². The van der Waals surface area contributed by atoms with Crippen LogP contribution in [-0.2, 0) is 4.79 Å². The average molecular weight is 255 g/mol. The largest absolute Gasteiger partial charge is 0.495 e. The zero-order valence-electron chi connectivity index (χ0n) is 10.8. The first-order valence-electron chi connectivity index (χ1n) is 5.77. The molecule has 0 fully saturated rings. The molecule has 18 heavy (non-hydrogen) atoms. The number of anilines is 1. The standard InChI is InChI=1S/C13H18FNO3/c1-4-9(8-16)13(17)15(2)11-7-10(14)5-6-12(11)18-3/h5-7,9,16H,4,8H2,1-3H3. The molecule has 4 nitrogen and oxygen atoms in total. The minimum Gasteiger partial charge on any atom is -0.495 e. The van der Waals surface area contributed by atoms with E-state index in [0.717, 1.165) is 0 Å². The SMILES string of the molecule is CCC(CO)C(=O)N(C)c1cc(F)ccc1OC. The van der Waals surface area contributed by atoms with E-state index < -0.39 is 11.7 Å². The minimum atomic E-state index is -0.483. The van der Waals surface area contributed by atoms with Crippen molar-refractivity contribution in [2.24, 2.45) is 5.92 Å². The van der Waals surface area contributed by atoms with E-state index in [1.54, 1.807) is 0 Å². The number of aliphatic hydroxyl groups excluding tert-OH is 1. The number of hydrogen-bond acceptors (Lipinski definition) is 3. The molecule has 5 heteroatoms. The maximum absolute atomic E-state index is 13.2. The first-order chi connectivity index (χ1) is 8.54. The highest BCUT2D eigenvalue weighted by Gasteiger charge is 2.23. The zero-order valence-corrected chi connectivity index (χ0v) is 10.8. The fourth-order valence-electron chi connectivity index (χ4n) is 1.70. The van der Waals surface area contributed by atoms with Crippen LogP contribution in [0, 0.1) is 11.7 Å². The summed E-state index contributed by atoms with van der Waals surface area (Å²) in [4.78, 5) is 13.4. The molecule has 1 rings (SSSR count). The molecule has 0 aliphatic rings. The number of nitrogens with zero attached hydrogens (tertiary/aromatic N) is 1. The van der Waals surface area contributed by atoms with Crippen molar-refractivity contribution in [2.45, 2.75) is 13.3 Å². The van der Waals surface area contributed by atoms with E-state index in [-0.39, 0.29) is 12.5 Å². The summed E-state index contributed by atoms with van der Waals surface area (Å²) in [5.41, 5.74) is 0.356. The smallest absolute Gasteiger partial charge is 0.232 e. The number of benzene rings is 1. The molecule has 1 atom stereocenters. The van der Waals surface area contributed by atoms with Crippen LogP contribution >= 0.6 is 0 Å². The van der Waals surface area contributed by atoms with Crippen LogP contribution in [-0.4, -0.2) is 31.8 Å². The van der Waals surface area contributed by atoms with Crippen molar-refractivity contribution in [1.29, 1.82) is 0 Å². The molecule has 0 spiro atoms. The molecule has 0 heterocycles. The van der Waals surface area contributed by atoms with Gasteiger partial charge in [0.25, 0.3) is 0 Å². The van der Waals surface area contributed by atoms with Gasteiger partial charge in [-0.3, -0.25) is 4.79 Å². The number of carbonyl (C=O) groups is 1. The monoisotopic (exact) mass is 255 g/mol. The lowest BCUT2D eigenvalue weighted by molar-refractivity contribution is -0.123. The van der Waals surface area contributed by atoms with Crippen LogP contribution in [0.5, 0.6) is 5.75 Å². The summed E-state index contributed by atoms with van der Waals surface area (Å²) in [5.74, 6) is -0.769. The summed E-state index contributed by atoms with van der Waals surface area (Å²) < 4.78 is 18.3. The second-order valence-corrected chi connectivity index (χ2v) is 4.00. The lowest BCUT2D eigenvalue weighted by Crippen LogP contribution is -2.34. The molecule has 0 saturated heterocycles. The van der Waals surface area contributed by atoms with Crippen LogP contribution in [0.4, 0.5) is 10.1 Å². The Morgan fingerprint density at radius 1 is 1.56 bits per heavy atom. The molecule has 1 unspecified atom stereocenters. The Labute approximate surface area is 106 Å². The lowest BCUT2D eigenvalue weighted by atomic mass is 10.1. The average Bonchev–Trinajstić information content (AvgIpc) is 2.39. The van der Waals surface area contributed by atoms with E-state index in [9.17, 15) is 9.18 Å². The van der Waals surface area contributed by atoms with E-state index in [1.807, 2.05) is 6.92 Å². The second kappa shape index (κ2) is 6.35. The van der Waals surface area contributed by atoms with Gasteiger partial charge in [-0.15, -0.1) is 0 Å². The van der Waals surface area contributed by atoms with E-state index in [0.29, 0.717) is 17.9 Å². The Balaban J connectivity index is 3.05. The Morgan fingerprint density at radius 2 is 2.22 bits per heavy atom. The number of methoxy groups -OCH3 is 1. The van der Waals surface area contributed by atoms with Crippen LogP contribution in [0.3, 0.4) is 0 Å². The number of hydrogen-bond donors (Lipinski definition) is 1. The van der Waals surface area contributed by atoms with Gasteiger partial charge in [0.1, 0.15) is 11.6 Å². The van der Waals surface area contributed by atoms with Crippen LogP contribution < -0.4 is 9.64 Å². The topological polar surface area (TPSA) is 49.8 Å². The molecule has 0 radical (unpaired) electrons. The fraction of sp³-hybridized carbons (Fsp3) is 0.462. The third-order valence-electron chi connectivity index (χ3n) is 2.90. The van der Waals surface area contributed by atoms with Gasteiger partial charge in [0, 0.05) is 13.1 Å². The third-order valence-corrected chi connectivity index (χ3v) is 2.90. The summed E-state index contributed by atoms with van der Waals surface area (Å²) in [5, 5.41) is 9.12. The maximum atomic E-state index is 13.2. The van der Waals surface area contributed by atoms with Gasteiger partial charge in [0.2, 0.25) is 5.91 Å². The van der Waals surface area contributed by atoms with Crippen molar-refractivity contribution in [3.8, 4) is 5.75 Å². The molecule has 0 aliphatic carbocycles. The summed E-state index contributed by atoms with van der Waals surface area (Å²) in [6.07, 6.45) is 0.525. The van der Waals surface area contributed by atoms with E-state index in [2.05, 4.69) is 0 Å². The van der Waals surface area contributed by atoms with Gasteiger partial charge in [0.15, 0.2) is 0 Å². The molecule has 1 aromatic rings. The Bertz CT molecular complexity index is 419. The zero-order chi connectivity index (χ0) is 13.7. The Kier molecular flexibility index (Phi) is 5.09. The van der Waals surface area contributed by atoms with Crippen molar-refractivity contribution in [3.05, 3.63) is 24.0 Å². The van der Waals surface area contributed by atoms with Crippen molar-refractivity contribution >= 4 is 11.6 Å². The first kappa shape index (κ1) is 14.4. The first-order valence-corrected chi connectivity index (χ1v) is 5.77. The van der Waals surface area contributed by atoms with Crippen molar-refractivity contribution in [1.82, 2.24) is 0 Å². The number of amides is 1. The van der Waals surface area contributed by atoms with Gasteiger partial charge in [0.05, 0.1) is 25.3 Å². The summed E-state index contributed by atoms with van der Waals surface area (Å²) in [6, 6.07) is 3.97. The van der Waals surface area contributed by atoms with Gasteiger partial charge >= 0.3 is 0 Å². The number of rotatable bonds is 5. The summed E-state index contributed by atoms with van der Waals surface area (Å²) in [6.45, 7) is 1.59. The Hall–Kier alpha value is -1.62. The highest BCUT2D eigenvalue weighted by atomic mass is 19.1. The Morgan fingerprint density at radius 3 is 2.72 bits per heavy atom. The summed E-state index contributed by atoms with van der Waals surface area (Å²) >= 11 is 0. The molecule has 0 saturated carbocycles. The number of aliphatic hydroxyl groups is 1. The van der Waals surface area contributed by atoms with Gasteiger partial charge in [-0.25, -0.2) is 4.39 Å². The van der Waals surface area contributed by atoms with Crippen molar-refractivity contribution in [3.63, 3.8) is 0 Å². The number of ether oxygens (including phenoxy) is 1. The molecule has 0 bridgehead atoms. The molecular weight excluding hydrogens is 237 g/mol. The van der Waals surface area contributed by atoms with Crippen molar-refractivity contribution < 1.29 is 19.0 Å². The van der Waals surface area contributed by atoms with Crippen LogP contribution in [0.2, 0.25) is 0 Å². The van der Waals surface area contributed by atoms with Crippen LogP contribution in [0.15, 0.2) is 18.2 Å². The van der Waals surface area contributed by atoms with Gasteiger partial charge < -0.3 is 14.7 Å². The number of halogens is 1. The predicted molar refractivity (Wildman–Crippen MR) is 67.2 cm³/mol. The quantitative estimate of drug-likeness (QED) is 0.873. The number of carbonyl (C=O) groups excluding carboxylic acids is 1. The second-order valence-electron chi connectivity index (χ2n) is 4.00. The molecule has 1 aromatic carbocycles. The molecule has 1 N–H and O–H groups in total. The molecular formula is C13H18FNO3. The molecule has 0 aliphatic heterocycles. The van der Waals surface area contributed by atoms with Gasteiger partial charge in [-0.05, 0) is 18.6 Å². The van der Waals surface area contributed by atoms with E-state index in [4.69, 9.17) is 9.84 Å². The van der Waals surface area contributed by atoms with Crippen LogP contribution in [0.25, 0.3) is 0 Å². The van der Waals surface area contributed by atoms with E-state index in [1.165, 1.54) is 37.3 Å². The lowest BCUT2D eigenvalue weighted by Gasteiger charge is -2.23. The highest BCUT2D eigenvalue weighted by Crippen LogP contribution is 2.29. The molecule has 0 aromatic heterocycles. The minimum absolute atomic E-state index is 0.225. The predicted octanol–water partition coefficient (Wildman–Crippen LogP) is 1.82. The maximum Gasteiger partial charge on any atom is 0.232 e. The summed E-state index contributed by atoms with van der Waals surface area (Å²) in [7, 11) is 3.00. The highest BCUT2D eigenvalue weighted by molar-refractivity contribution is 5.96. The van der Waals surface area contributed by atoms with E-state index >= 15 is 0 Å². The van der Waals surface area contributed by atoms with Gasteiger partial charge in [-0.1, -0.05) is 6.92 Å².